The third kappa shape index (κ3) is 3.23. The van der Waals surface area contributed by atoms with Crippen LogP contribution in [0.1, 0.15) is 24.5 Å². The van der Waals surface area contributed by atoms with Crippen molar-refractivity contribution in [1.29, 1.82) is 0 Å². The molecule has 0 spiro atoms. The molecule has 1 aliphatic heterocycles. The lowest BCUT2D eigenvalue weighted by molar-refractivity contribution is 0.255. The van der Waals surface area contributed by atoms with Gasteiger partial charge in [-0.3, -0.25) is 4.90 Å². The summed E-state index contributed by atoms with van der Waals surface area (Å²) in [6.07, 6.45) is 2.62. The summed E-state index contributed by atoms with van der Waals surface area (Å²) in [5.74, 6) is 0.846. The lowest BCUT2D eigenvalue weighted by Crippen LogP contribution is -2.36. The number of anilines is 1. The molecule has 2 heterocycles. The van der Waals surface area contributed by atoms with Crippen LogP contribution in [0.4, 0.5) is 5.82 Å². The van der Waals surface area contributed by atoms with Crippen LogP contribution in [-0.4, -0.2) is 33.5 Å². The molecule has 116 valence electrons. The van der Waals surface area contributed by atoms with Gasteiger partial charge in [-0.15, -0.1) is 0 Å². The SMILES string of the molecule is Cc1c(Cl)ncnc1NC1CCN(Cc2ccccc2)C1C. The normalized spacial score (nSPS) is 22.0. The number of nitrogens with zero attached hydrogens (tertiary/aromatic N) is 3. The molecule has 1 aromatic carbocycles. The molecule has 2 atom stereocenters. The number of aromatic nitrogens is 2. The lowest BCUT2D eigenvalue weighted by Gasteiger charge is -2.26. The Hall–Kier alpha value is -1.65. The average molecular weight is 317 g/mol. The van der Waals surface area contributed by atoms with Crippen LogP contribution in [0, 0.1) is 6.92 Å². The summed E-state index contributed by atoms with van der Waals surface area (Å²) in [6, 6.07) is 11.4. The van der Waals surface area contributed by atoms with E-state index < -0.39 is 0 Å². The van der Waals surface area contributed by atoms with Gasteiger partial charge in [0.15, 0.2) is 0 Å². The highest BCUT2D eigenvalue weighted by molar-refractivity contribution is 6.30. The van der Waals surface area contributed by atoms with Crippen LogP contribution in [0.15, 0.2) is 36.7 Å². The first-order valence-corrected chi connectivity index (χ1v) is 8.04. The van der Waals surface area contributed by atoms with Crippen LogP contribution in [0.2, 0.25) is 5.15 Å². The molecular weight excluding hydrogens is 296 g/mol. The lowest BCUT2D eigenvalue weighted by atomic mass is 10.1. The maximum Gasteiger partial charge on any atom is 0.137 e. The predicted octanol–water partition coefficient (Wildman–Crippen LogP) is 3.51. The van der Waals surface area contributed by atoms with Gasteiger partial charge in [-0.05, 0) is 25.8 Å². The van der Waals surface area contributed by atoms with Gasteiger partial charge in [0.2, 0.25) is 0 Å². The Morgan fingerprint density at radius 1 is 1.27 bits per heavy atom. The molecule has 0 radical (unpaired) electrons. The standard InChI is InChI=1S/C17H21ClN4/c1-12-16(18)19-11-20-17(12)21-15-8-9-22(13(15)2)10-14-6-4-3-5-7-14/h3-7,11,13,15H,8-10H2,1-2H3,(H,19,20,21). The Bertz CT molecular complexity index is 632. The summed E-state index contributed by atoms with van der Waals surface area (Å²) in [5.41, 5.74) is 2.27. The summed E-state index contributed by atoms with van der Waals surface area (Å²) in [5, 5.41) is 4.06. The molecule has 3 rings (SSSR count). The van der Waals surface area contributed by atoms with E-state index in [1.807, 2.05) is 6.92 Å². The van der Waals surface area contributed by atoms with Gasteiger partial charge in [0.1, 0.15) is 17.3 Å². The van der Waals surface area contributed by atoms with E-state index in [1.165, 1.54) is 11.9 Å². The third-order valence-electron chi connectivity index (χ3n) is 4.46. The smallest absolute Gasteiger partial charge is 0.137 e. The van der Waals surface area contributed by atoms with Gasteiger partial charge in [0.05, 0.1) is 0 Å². The van der Waals surface area contributed by atoms with Crippen molar-refractivity contribution in [2.24, 2.45) is 0 Å². The van der Waals surface area contributed by atoms with Crippen molar-refractivity contribution in [3.05, 3.63) is 52.9 Å². The van der Waals surface area contributed by atoms with Crippen LogP contribution in [-0.2, 0) is 6.54 Å². The minimum absolute atomic E-state index is 0.383. The average Bonchev–Trinajstić information content (AvgIpc) is 2.86. The minimum atomic E-state index is 0.383. The number of likely N-dealkylation sites (tertiary alicyclic amines) is 1. The predicted molar refractivity (Wildman–Crippen MR) is 90.1 cm³/mol. The monoisotopic (exact) mass is 316 g/mol. The Labute approximate surface area is 136 Å². The molecule has 1 aliphatic rings. The molecule has 0 amide bonds. The maximum absolute atomic E-state index is 6.07. The number of rotatable bonds is 4. The van der Waals surface area contributed by atoms with Crippen LogP contribution >= 0.6 is 11.6 Å². The molecule has 5 heteroatoms. The summed E-state index contributed by atoms with van der Waals surface area (Å²) >= 11 is 6.07. The highest BCUT2D eigenvalue weighted by Gasteiger charge is 2.31. The van der Waals surface area contributed by atoms with Gasteiger partial charge in [-0.25, -0.2) is 9.97 Å². The second kappa shape index (κ2) is 6.63. The zero-order chi connectivity index (χ0) is 15.5. The molecule has 1 saturated heterocycles. The van der Waals surface area contributed by atoms with Crippen LogP contribution in [0.5, 0.6) is 0 Å². The first-order chi connectivity index (χ1) is 10.6. The van der Waals surface area contributed by atoms with Gasteiger partial charge in [0, 0.05) is 30.7 Å². The quantitative estimate of drug-likeness (QED) is 0.876. The fourth-order valence-electron chi connectivity index (χ4n) is 2.99. The van der Waals surface area contributed by atoms with Crippen molar-refractivity contribution < 1.29 is 0 Å². The van der Waals surface area contributed by atoms with Crippen molar-refractivity contribution in [2.45, 2.75) is 38.9 Å². The molecule has 0 aliphatic carbocycles. The Kier molecular flexibility index (Phi) is 4.60. The second-order valence-corrected chi connectivity index (χ2v) is 6.23. The summed E-state index contributed by atoms with van der Waals surface area (Å²) < 4.78 is 0. The minimum Gasteiger partial charge on any atom is -0.365 e. The first-order valence-electron chi connectivity index (χ1n) is 7.67. The van der Waals surface area contributed by atoms with Crippen molar-refractivity contribution in [1.82, 2.24) is 14.9 Å². The van der Waals surface area contributed by atoms with Crippen molar-refractivity contribution in [3.8, 4) is 0 Å². The summed E-state index contributed by atoms with van der Waals surface area (Å²) in [6.45, 7) is 6.30. The molecule has 22 heavy (non-hydrogen) atoms. The van der Waals surface area contributed by atoms with E-state index >= 15 is 0 Å². The molecule has 1 fully saturated rings. The number of hydrogen-bond donors (Lipinski definition) is 1. The molecule has 1 N–H and O–H groups in total. The van der Waals surface area contributed by atoms with E-state index in [-0.39, 0.29) is 0 Å². The van der Waals surface area contributed by atoms with Gasteiger partial charge < -0.3 is 5.32 Å². The largest absolute Gasteiger partial charge is 0.365 e. The van der Waals surface area contributed by atoms with E-state index in [0.717, 1.165) is 30.9 Å². The van der Waals surface area contributed by atoms with Crippen molar-refractivity contribution in [2.75, 3.05) is 11.9 Å². The first kappa shape index (κ1) is 15.3. The molecule has 0 bridgehead atoms. The summed E-state index contributed by atoms with van der Waals surface area (Å²) in [7, 11) is 0. The fourth-order valence-corrected chi connectivity index (χ4v) is 3.12. The number of hydrogen-bond acceptors (Lipinski definition) is 4. The van der Waals surface area contributed by atoms with Crippen LogP contribution < -0.4 is 5.32 Å². The molecule has 0 saturated carbocycles. The number of nitrogens with one attached hydrogen (secondary N) is 1. The fraction of sp³-hybridized carbons (Fsp3) is 0.412. The number of halogens is 1. The van der Waals surface area contributed by atoms with Crippen molar-refractivity contribution in [3.63, 3.8) is 0 Å². The van der Waals surface area contributed by atoms with Crippen LogP contribution in [0.3, 0.4) is 0 Å². The van der Waals surface area contributed by atoms with Gasteiger partial charge >= 0.3 is 0 Å². The van der Waals surface area contributed by atoms with E-state index in [9.17, 15) is 0 Å². The van der Waals surface area contributed by atoms with E-state index in [4.69, 9.17) is 11.6 Å². The second-order valence-electron chi connectivity index (χ2n) is 5.87. The van der Waals surface area contributed by atoms with Crippen LogP contribution in [0.25, 0.3) is 0 Å². The van der Waals surface area contributed by atoms with E-state index in [1.54, 1.807) is 0 Å². The summed E-state index contributed by atoms with van der Waals surface area (Å²) in [4.78, 5) is 10.8. The molecule has 2 unspecified atom stereocenters. The maximum atomic E-state index is 6.07. The van der Waals surface area contributed by atoms with E-state index in [2.05, 4.69) is 57.4 Å². The molecule has 4 nitrogen and oxygen atoms in total. The van der Waals surface area contributed by atoms with Gasteiger partial charge in [-0.2, -0.15) is 0 Å². The molecular formula is C17H21ClN4. The third-order valence-corrected chi connectivity index (χ3v) is 4.84. The van der Waals surface area contributed by atoms with Gasteiger partial charge in [0.25, 0.3) is 0 Å². The van der Waals surface area contributed by atoms with Gasteiger partial charge in [-0.1, -0.05) is 41.9 Å². The highest BCUT2D eigenvalue weighted by Crippen LogP contribution is 2.25. The zero-order valence-electron chi connectivity index (χ0n) is 13.0. The molecule has 2 aromatic rings. The van der Waals surface area contributed by atoms with Crippen molar-refractivity contribution >= 4 is 17.4 Å². The Morgan fingerprint density at radius 2 is 2.05 bits per heavy atom. The topological polar surface area (TPSA) is 41.1 Å². The Morgan fingerprint density at radius 3 is 2.82 bits per heavy atom. The molecule has 1 aromatic heterocycles. The number of benzene rings is 1. The van der Waals surface area contributed by atoms with E-state index in [0.29, 0.717) is 17.2 Å². The Balaban J connectivity index is 1.66. The highest BCUT2D eigenvalue weighted by atomic mass is 35.5. The zero-order valence-corrected chi connectivity index (χ0v) is 13.7.